The number of rotatable bonds is 5. The molecular formula is C16H22N4O2. The summed E-state index contributed by atoms with van der Waals surface area (Å²) in [5, 5.41) is 9.77. The quantitative estimate of drug-likeness (QED) is 0.790. The number of carbonyl (C=O) groups is 1. The summed E-state index contributed by atoms with van der Waals surface area (Å²) in [7, 11) is 0. The molecule has 6 nitrogen and oxygen atoms in total. The predicted octanol–water partition coefficient (Wildman–Crippen LogP) is 2.30. The number of hydrogen-bond acceptors (Lipinski definition) is 4. The third-order valence-electron chi connectivity index (χ3n) is 3.12. The maximum absolute atomic E-state index is 12.2. The van der Waals surface area contributed by atoms with Gasteiger partial charge in [0.1, 0.15) is 12.4 Å². The topological polar surface area (TPSA) is 93.0 Å². The zero-order chi connectivity index (χ0) is 16.2. The summed E-state index contributed by atoms with van der Waals surface area (Å²) in [5.74, 6) is 0.473. The van der Waals surface area contributed by atoms with Gasteiger partial charge in [-0.2, -0.15) is 5.10 Å². The van der Waals surface area contributed by atoms with E-state index in [0.29, 0.717) is 24.5 Å². The molecule has 22 heavy (non-hydrogen) atoms. The first kappa shape index (κ1) is 16.0. The van der Waals surface area contributed by atoms with Gasteiger partial charge in [-0.05, 0) is 30.3 Å². The third-order valence-corrected chi connectivity index (χ3v) is 3.12. The number of anilines is 1. The Balaban J connectivity index is 2.01. The molecule has 4 N–H and O–H groups in total. The van der Waals surface area contributed by atoms with E-state index in [9.17, 15) is 4.79 Å². The van der Waals surface area contributed by atoms with Gasteiger partial charge in [-0.3, -0.25) is 9.89 Å². The summed E-state index contributed by atoms with van der Waals surface area (Å²) in [5.41, 5.74) is 7.28. The van der Waals surface area contributed by atoms with Gasteiger partial charge in [0.05, 0.1) is 0 Å². The molecule has 0 saturated carbocycles. The zero-order valence-corrected chi connectivity index (χ0v) is 13.1. The number of H-pyrrole nitrogens is 1. The van der Waals surface area contributed by atoms with Crippen molar-refractivity contribution < 1.29 is 9.53 Å². The van der Waals surface area contributed by atoms with E-state index in [1.165, 1.54) is 0 Å². The van der Waals surface area contributed by atoms with E-state index in [0.717, 1.165) is 11.4 Å². The maximum Gasteiger partial charge on any atom is 0.276 e. The maximum atomic E-state index is 12.2. The zero-order valence-electron chi connectivity index (χ0n) is 13.1. The Labute approximate surface area is 130 Å². The fourth-order valence-corrected chi connectivity index (χ4v) is 1.83. The van der Waals surface area contributed by atoms with Gasteiger partial charge < -0.3 is 15.8 Å². The van der Waals surface area contributed by atoms with Crippen LogP contribution >= 0.6 is 0 Å². The van der Waals surface area contributed by atoms with Gasteiger partial charge in [0.25, 0.3) is 5.91 Å². The average Bonchev–Trinajstić information content (AvgIpc) is 2.96. The third kappa shape index (κ3) is 4.08. The fourth-order valence-electron chi connectivity index (χ4n) is 1.83. The summed E-state index contributed by atoms with van der Waals surface area (Å²) in [6, 6.07) is 8.91. The smallest absolute Gasteiger partial charge is 0.276 e. The van der Waals surface area contributed by atoms with Gasteiger partial charge in [-0.15, -0.1) is 0 Å². The number of aromatic amines is 1. The number of aromatic nitrogens is 2. The molecule has 0 aliphatic carbocycles. The number of hydrogen-bond donors (Lipinski definition) is 3. The van der Waals surface area contributed by atoms with Crippen molar-refractivity contribution in [2.24, 2.45) is 5.73 Å². The van der Waals surface area contributed by atoms with Crippen molar-refractivity contribution in [3.8, 4) is 5.75 Å². The molecule has 0 saturated heterocycles. The Morgan fingerprint density at radius 1 is 1.32 bits per heavy atom. The average molecular weight is 302 g/mol. The van der Waals surface area contributed by atoms with E-state index in [-0.39, 0.29) is 11.3 Å². The van der Waals surface area contributed by atoms with Gasteiger partial charge in [-0.1, -0.05) is 20.8 Å². The van der Waals surface area contributed by atoms with Crippen LogP contribution in [0.4, 0.5) is 5.69 Å². The minimum Gasteiger partial charge on any atom is -0.492 e. The van der Waals surface area contributed by atoms with Crippen molar-refractivity contribution in [2.45, 2.75) is 26.2 Å². The van der Waals surface area contributed by atoms with E-state index < -0.39 is 0 Å². The first-order chi connectivity index (χ1) is 10.4. The molecule has 118 valence electrons. The Morgan fingerprint density at radius 2 is 2.00 bits per heavy atom. The van der Waals surface area contributed by atoms with Crippen molar-refractivity contribution in [1.82, 2.24) is 10.2 Å². The second-order valence-electron chi connectivity index (χ2n) is 6.03. The summed E-state index contributed by atoms with van der Waals surface area (Å²) in [6.45, 7) is 7.11. The van der Waals surface area contributed by atoms with Crippen LogP contribution in [0.25, 0.3) is 0 Å². The molecule has 1 heterocycles. The van der Waals surface area contributed by atoms with Crippen LogP contribution in [0.15, 0.2) is 30.3 Å². The molecule has 0 atom stereocenters. The second kappa shape index (κ2) is 6.62. The van der Waals surface area contributed by atoms with Crippen molar-refractivity contribution >= 4 is 11.6 Å². The molecule has 0 spiro atoms. The standard InChI is InChI=1S/C16H22N4O2/c1-16(2,3)14-10-13(19-20-14)15(21)18-11-4-6-12(7-5-11)22-9-8-17/h4-7,10H,8-9,17H2,1-3H3,(H,18,21)(H,19,20). The molecule has 0 aliphatic heterocycles. The SMILES string of the molecule is CC(C)(C)c1cc(C(=O)Nc2ccc(OCCN)cc2)n[nH]1. The second-order valence-corrected chi connectivity index (χ2v) is 6.03. The number of ether oxygens (including phenoxy) is 1. The largest absolute Gasteiger partial charge is 0.492 e. The summed E-state index contributed by atoms with van der Waals surface area (Å²) >= 11 is 0. The molecule has 2 aromatic rings. The Morgan fingerprint density at radius 3 is 2.55 bits per heavy atom. The number of nitrogens with one attached hydrogen (secondary N) is 2. The fraction of sp³-hybridized carbons (Fsp3) is 0.375. The minimum absolute atomic E-state index is 0.0759. The lowest BCUT2D eigenvalue weighted by Gasteiger charge is -2.14. The van der Waals surface area contributed by atoms with Crippen LogP contribution in [-0.4, -0.2) is 29.3 Å². The highest BCUT2D eigenvalue weighted by atomic mass is 16.5. The summed E-state index contributed by atoms with van der Waals surface area (Å²) < 4.78 is 5.39. The number of amides is 1. The van der Waals surface area contributed by atoms with Crippen molar-refractivity contribution in [2.75, 3.05) is 18.5 Å². The summed E-state index contributed by atoms with van der Waals surface area (Å²) in [4.78, 5) is 12.2. The predicted molar refractivity (Wildman–Crippen MR) is 86.2 cm³/mol. The molecule has 2 rings (SSSR count). The van der Waals surface area contributed by atoms with E-state index in [4.69, 9.17) is 10.5 Å². The number of benzene rings is 1. The molecule has 1 aromatic heterocycles. The van der Waals surface area contributed by atoms with Crippen molar-refractivity contribution in [1.29, 1.82) is 0 Å². The Hall–Kier alpha value is -2.34. The van der Waals surface area contributed by atoms with Gasteiger partial charge in [-0.25, -0.2) is 0 Å². The molecule has 0 radical (unpaired) electrons. The van der Waals surface area contributed by atoms with Crippen molar-refractivity contribution in [3.05, 3.63) is 41.7 Å². The van der Waals surface area contributed by atoms with Gasteiger partial charge in [0, 0.05) is 23.3 Å². The van der Waals surface area contributed by atoms with Crippen molar-refractivity contribution in [3.63, 3.8) is 0 Å². The molecule has 6 heteroatoms. The monoisotopic (exact) mass is 302 g/mol. The number of nitrogens with zero attached hydrogens (tertiary/aromatic N) is 1. The number of carbonyl (C=O) groups excluding carboxylic acids is 1. The van der Waals surface area contributed by atoms with E-state index in [2.05, 4.69) is 36.3 Å². The van der Waals surface area contributed by atoms with E-state index in [1.54, 1.807) is 30.3 Å². The lowest BCUT2D eigenvalue weighted by molar-refractivity contribution is 0.102. The van der Waals surface area contributed by atoms with E-state index >= 15 is 0 Å². The van der Waals surface area contributed by atoms with Gasteiger partial charge in [0.2, 0.25) is 0 Å². The van der Waals surface area contributed by atoms with Crippen LogP contribution in [0.3, 0.4) is 0 Å². The normalized spacial score (nSPS) is 11.3. The lowest BCUT2D eigenvalue weighted by Crippen LogP contribution is -2.13. The molecule has 1 aromatic carbocycles. The molecule has 0 aliphatic rings. The van der Waals surface area contributed by atoms with Crippen LogP contribution < -0.4 is 15.8 Å². The van der Waals surface area contributed by atoms with Crippen LogP contribution in [0.1, 0.15) is 37.0 Å². The first-order valence-corrected chi connectivity index (χ1v) is 7.20. The molecule has 0 fully saturated rings. The van der Waals surface area contributed by atoms with Crippen LogP contribution in [0.2, 0.25) is 0 Å². The highest BCUT2D eigenvalue weighted by molar-refractivity contribution is 6.02. The lowest BCUT2D eigenvalue weighted by atomic mass is 9.92. The van der Waals surface area contributed by atoms with Crippen LogP contribution in [-0.2, 0) is 5.41 Å². The number of nitrogens with two attached hydrogens (primary N) is 1. The Kier molecular flexibility index (Phi) is 4.82. The first-order valence-electron chi connectivity index (χ1n) is 7.20. The van der Waals surface area contributed by atoms with Gasteiger partial charge >= 0.3 is 0 Å². The molecular weight excluding hydrogens is 280 g/mol. The molecule has 1 amide bonds. The van der Waals surface area contributed by atoms with Crippen LogP contribution in [0, 0.1) is 0 Å². The molecule has 0 bridgehead atoms. The van der Waals surface area contributed by atoms with E-state index in [1.807, 2.05) is 0 Å². The minimum atomic E-state index is -0.248. The summed E-state index contributed by atoms with van der Waals surface area (Å²) in [6.07, 6.45) is 0. The van der Waals surface area contributed by atoms with Crippen LogP contribution in [0.5, 0.6) is 5.75 Å². The molecule has 0 unspecified atom stereocenters. The highest BCUT2D eigenvalue weighted by Gasteiger charge is 2.19. The Bertz CT molecular complexity index is 626. The highest BCUT2D eigenvalue weighted by Crippen LogP contribution is 2.21. The van der Waals surface area contributed by atoms with Gasteiger partial charge in [0.15, 0.2) is 5.69 Å².